The van der Waals surface area contributed by atoms with Gasteiger partial charge in [-0.1, -0.05) is 42.0 Å². The first-order valence-electron chi connectivity index (χ1n) is 9.21. The molecule has 1 aliphatic heterocycles. The predicted octanol–water partition coefficient (Wildman–Crippen LogP) is 2.85. The minimum Gasteiger partial charge on any atom is -0.371 e. The predicted molar refractivity (Wildman–Crippen MR) is 110 cm³/mol. The van der Waals surface area contributed by atoms with Gasteiger partial charge >= 0.3 is 5.69 Å². The number of nitrogens with zero attached hydrogens (tertiary/aromatic N) is 3. The van der Waals surface area contributed by atoms with Crippen molar-refractivity contribution in [1.82, 2.24) is 13.7 Å². The van der Waals surface area contributed by atoms with Gasteiger partial charge in [-0.15, -0.1) is 0 Å². The van der Waals surface area contributed by atoms with Gasteiger partial charge in [0.15, 0.2) is 0 Å². The monoisotopic (exact) mass is 372 g/mol. The maximum atomic E-state index is 12.8. The van der Waals surface area contributed by atoms with Gasteiger partial charge in [0.25, 0.3) is 5.56 Å². The number of para-hydroxylation sites is 2. The van der Waals surface area contributed by atoms with E-state index in [0.717, 1.165) is 27.2 Å². The summed E-state index contributed by atoms with van der Waals surface area (Å²) in [4.78, 5) is 25.5. The summed E-state index contributed by atoms with van der Waals surface area (Å²) in [5, 5.41) is 4.14. The molecule has 1 atom stereocenters. The fourth-order valence-corrected chi connectivity index (χ4v) is 4.11. The van der Waals surface area contributed by atoms with Gasteiger partial charge in [-0.2, -0.15) is 0 Å². The number of anilines is 1. The second kappa shape index (κ2) is 5.73. The topological polar surface area (TPSA) is 61.0 Å². The van der Waals surface area contributed by atoms with Gasteiger partial charge in [0.1, 0.15) is 0 Å². The second-order valence-electron chi connectivity index (χ2n) is 7.36. The van der Waals surface area contributed by atoms with E-state index >= 15 is 0 Å². The largest absolute Gasteiger partial charge is 0.371 e. The van der Waals surface area contributed by atoms with Crippen molar-refractivity contribution in [2.75, 3.05) is 5.32 Å². The summed E-state index contributed by atoms with van der Waals surface area (Å²) in [5.41, 5.74) is 5.17. The Bertz CT molecular complexity index is 1360. The number of benzene rings is 2. The van der Waals surface area contributed by atoms with Crippen LogP contribution in [0.2, 0.25) is 0 Å². The van der Waals surface area contributed by atoms with E-state index in [4.69, 9.17) is 0 Å². The van der Waals surface area contributed by atoms with Crippen LogP contribution in [-0.2, 0) is 14.1 Å². The number of fused-ring (bicyclic) bond motifs is 5. The van der Waals surface area contributed by atoms with E-state index in [0.29, 0.717) is 10.9 Å². The van der Waals surface area contributed by atoms with E-state index in [1.807, 2.05) is 35.0 Å². The fourth-order valence-electron chi connectivity index (χ4n) is 4.11. The van der Waals surface area contributed by atoms with Gasteiger partial charge in [0.2, 0.25) is 0 Å². The molecular formula is C22H20N4O2. The molecule has 0 radical (unpaired) electrons. The molecule has 28 heavy (non-hydrogen) atoms. The molecule has 2 aromatic carbocycles. The Hall–Kier alpha value is -3.54. The molecular weight excluding hydrogens is 352 g/mol. The maximum absolute atomic E-state index is 12.8. The van der Waals surface area contributed by atoms with Crippen molar-refractivity contribution in [3.63, 3.8) is 0 Å². The van der Waals surface area contributed by atoms with E-state index in [2.05, 4.69) is 36.5 Å². The summed E-state index contributed by atoms with van der Waals surface area (Å²) >= 11 is 0. The highest BCUT2D eigenvalue weighted by atomic mass is 16.2. The number of hydrogen-bond acceptors (Lipinski definition) is 3. The minimum absolute atomic E-state index is 0.175. The molecule has 3 heterocycles. The Kier molecular flexibility index (Phi) is 3.40. The summed E-state index contributed by atoms with van der Waals surface area (Å²) in [5.74, 6) is 0. The standard InChI is InChI=1S/C22H20N4O2/c1-13-8-10-14(11-9-13)18-20-19-15(21(27)25(3)22(28)24(19)2)12-26(20)17-7-5-4-6-16(17)23-18/h4-12,18,23H,1-3H3. The third kappa shape index (κ3) is 2.14. The third-order valence-electron chi connectivity index (χ3n) is 5.61. The Morgan fingerprint density at radius 1 is 0.929 bits per heavy atom. The van der Waals surface area contributed by atoms with Crippen LogP contribution in [0.5, 0.6) is 0 Å². The normalized spacial score (nSPS) is 15.2. The maximum Gasteiger partial charge on any atom is 0.331 e. The smallest absolute Gasteiger partial charge is 0.331 e. The number of hydrogen-bond donors (Lipinski definition) is 1. The molecule has 4 aromatic rings. The van der Waals surface area contributed by atoms with Crippen LogP contribution in [0.25, 0.3) is 16.6 Å². The van der Waals surface area contributed by atoms with Gasteiger partial charge in [-0.3, -0.25) is 13.9 Å². The third-order valence-corrected chi connectivity index (χ3v) is 5.61. The average Bonchev–Trinajstić information content (AvgIpc) is 3.12. The fraction of sp³-hybridized carbons (Fsp3) is 0.182. The van der Waals surface area contributed by atoms with Gasteiger partial charge in [-0.05, 0) is 24.6 Å². The first-order chi connectivity index (χ1) is 13.5. The van der Waals surface area contributed by atoms with Crippen LogP contribution in [0, 0.1) is 6.92 Å². The van der Waals surface area contributed by atoms with Crippen LogP contribution < -0.4 is 16.6 Å². The number of rotatable bonds is 1. The summed E-state index contributed by atoms with van der Waals surface area (Å²) in [6.07, 6.45) is 1.85. The SMILES string of the molecule is Cc1ccc(C2Nc3ccccc3-n3cc4c(=O)n(C)c(=O)n(C)c4c32)cc1. The highest BCUT2D eigenvalue weighted by molar-refractivity contribution is 5.86. The molecule has 140 valence electrons. The number of aryl methyl sites for hydroxylation is 2. The van der Waals surface area contributed by atoms with Gasteiger partial charge in [0.05, 0.1) is 34.0 Å². The highest BCUT2D eigenvalue weighted by Gasteiger charge is 2.30. The van der Waals surface area contributed by atoms with Crippen molar-refractivity contribution in [2.45, 2.75) is 13.0 Å². The highest BCUT2D eigenvalue weighted by Crippen LogP contribution is 2.40. The molecule has 1 aliphatic rings. The van der Waals surface area contributed by atoms with E-state index in [1.165, 1.54) is 12.6 Å². The van der Waals surface area contributed by atoms with Crippen molar-refractivity contribution in [1.29, 1.82) is 0 Å². The molecule has 1 N–H and O–H groups in total. The zero-order valence-corrected chi connectivity index (χ0v) is 15.9. The van der Waals surface area contributed by atoms with Gasteiger partial charge in [-0.25, -0.2) is 4.79 Å². The van der Waals surface area contributed by atoms with Crippen LogP contribution in [0.1, 0.15) is 22.9 Å². The molecule has 0 saturated carbocycles. The summed E-state index contributed by atoms with van der Waals surface area (Å²) in [6, 6.07) is 16.1. The van der Waals surface area contributed by atoms with Crippen LogP contribution in [0.3, 0.4) is 0 Å². The zero-order chi connectivity index (χ0) is 19.6. The molecule has 0 saturated heterocycles. The lowest BCUT2D eigenvalue weighted by Crippen LogP contribution is -2.37. The molecule has 0 fully saturated rings. The molecule has 6 nitrogen and oxygen atoms in total. The molecule has 2 aromatic heterocycles. The summed E-state index contributed by atoms with van der Waals surface area (Å²) in [6.45, 7) is 2.05. The van der Waals surface area contributed by atoms with Crippen LogP contribution in [-0.4, -0.2) is 13.7 Å². The lowest BCUT2D eigenvalue weighted by Gasteiger charge is -2.30. The van der Waals surface area contributed by atoms with Crippen molar-refractivity contribution in [2.24, 2.45) is 14.1 Å². The molecule has 0 amide bonds. The Morgan fingerprint density at radius 3 is 2.39 bits per heavy atom. The van der Waals surface area contributed by atoms with Gasteiger partial charge < -0.3 is 9.88 Å². The van der Waals surface area contributed by atoms with Crippen molar-refractivity contribution < 1.29 is 0 Å². The van der Waals surface area contributed by atoms with Crippen molar-refractivity contribution >= 4 is 16.6 Å². The first kappa shape index (κ1) is 16.6. The Labute approximate surface area is 161 Å². The minimum atomic E-state index is -0.326. The van der Waals surface area contributed by atoms with Crippen LogP contribution >= 0.6 is 0 Å². The Balaban J connectivity index is 1.93. The summed E-state index contributed by atoms with van der Waals surface area (Å²) in [7, 11) is 3.24. The lowest BCUT2D eigenvalue weighted by atomic mass is 9.98. The Morgan fingerprint density at radius 2 is 1.64 bits per heavy atom. The van der Waals surface area contributed by atoms with E-state index < -0.39 is 0 Å². The first-order valence-corrected chi connectivity index (χ1v) is 9.21. The quantitative estimate of drug-likeness (QED) is 0.559. The average molecular weight is 372 g/mol. The molecule has 0 bridgehead atoms. The lowest BCUT2D eigenvalue weighted by molar-refractivity contribution is 0.708. The zero-order valence-electron chi connectivity index (χ0n) is 15.9. The second-order valence-corrected chi connectivity index (χ2v) is 7.36. The van der Waals surface area contributed by atoms with Crippen molar-refractivity contribution in [3.8, 4) is 5.69 Å². The number of aromatic nitrogens is 3. The molecule has 0 spiro atoms. The van der Waals surface area contributed by atoms with Crippen LogP contribution in [0.15, 0.2) is 64.3 Å². The van der Waals surface area contributed by atoms with Gasteiger partial charge in [0, 0.05) is 20.3 Å². The number of nitrogens with one attached hydrogen (secondary N) is 1. The molecule has 6 heteroatoms. The summed E-state index contributed by atoms with van der Waals surface area (Å²) < 4.78 is 4.77. The van der Waals surface area contributed by atoms with Crippen LogP contribution in [0.4, 0.5) is 5.69 Å². The molecule has 1 unspecified atom stereocenters. The molecule has 5 rings (SSSR count). The van der Waals surface area contributed by atoms with E-state index in [-0.39, 0.29) is 17.3 Å². The van der Waals surface area contributed by atoms with Crippen molar-refractivity contribution in [3.05, 3.63) is 92.4 Å². The molecule has 0 aliphatic carbocycles. The van der Waals surface area contributed by atoms with E-state index in [9.17, 15) is 9.59 Å². The van der Waals surface area contributed by atoms with E-state index in [1.54, 1.807) is 11.6 Å².